The normalized spacial score (nSPS) is 10.7. The minimum atomic E-state index is 0.928. The molecular formula is C14H19N3. The maximum atomic E-state index is 4.02. The fourth-order valence-corrected chi connectivity index (χ4v) is 2.03. The maximum Gasteiger partial charge on any atom is 0.0946 e. The van der Waals surface area contributed by atoms with Gasteiger partial charge in [-0.05, 0) is 19.4 Å². The lowest BCUT2D eigenvalue weighted by Crippen LogP contribution is -2.19. The highest BCUT2D eigenvalue weighted by atomic mass is 15.0. The van der Waals surface area contributed by atoms with Crippen LogP contribution in [0.2, 0.25) is 0 Å². The number of hydrogen-bond donors (Lipinski definition) is 1. The van der Waals surface area contributed by atoms with Gasteiger partial charge in [0.25, 0.3) is 0 Å². The molecule has 0 radical (unpaired) electrons. The summed E-state index contributed by atoms with van der Waals surface area (Å²) in [6.45, 7) is 7.13. The summed E-state index contributed by atoms with van der Waals surface area (Å²) in [4.78, 5) is 4.02. The largest absolute Gasteiger partial charge is 0.336 e. The molecule has 0 saturated heterocycles. The molecule has 2 aromatic rings. The van der Waals surface area contributed by atoms with Crippen LogP contribution in [-0.4, -0.2) is 16.1 Å². The van der Waals surface area contributed by atoms with Crippen LogP contribution in [0.4, 0.5) is 0 Å². The van der Waals surface area contributed by atoms with Gasteiger partial charge in [-0.1, -0.05) is 29.3 Å². The van der Waals surface area contributed by atoms with Crippen LogP contribution in [-0.2, 0) is 13.1 Å². The van der Waals surface area contributed by atoms with E-state index in [1.54, 1.807) is 0 Å². The van der Waals surface area contributed by atoms with Crippen LogP contribution < -0.4 is 5.32 Å². The summed E-state index contributed by atoms with van der Waals surface area (Å²) in [6, 6.07) is 6.67. The molecule has 0 spiro atoms. The molecule has 3 nitrogen and oxygen atoms in total. The quantitative estimate of drug-likeness (QED) is 0.797. The highest BCUT2D eigenvalue weighted by Crippen LogP contribution is 2.08. The molecule has 0 atom stereocenters. The van der Waals surface area contributed by atoms with Crippen LogP contribution in [0.5, 0.6) is 0 Å². The first-order valence-electron chi connectivity index (χ1n) is 5.98. The number of rotatable bonds is 5. The number of aromatic nitrogens is 2. The second kappa shape index (κ2) is 5.64. The van der Waals surface area contributed by atoms with E-state index in [4.69, 9.17) is 0 Å². The third kappa shape index (κ3) is 3.71. The Hall–Kier alpha value is -1.61. The molecule has 1 heterocycles. The zero-order valence-corrected chi connectivity index (χ0v) is 10.5. The number of nitrogens with zero attached hydrogens (tertiary/aromatic N) is 2. The number of benzene rings is 1. The van der Waals surface area contributed by atoms with Crippen molar-refractivity contribution in [2.45, 2.75) is 26.9 Å². The lowest BCUT2D eigenvalue weighted by atomic mass is 10.1. The Morgan fingerprint density at radius 1 is 1.18 bits per heavy atom. The van der Waals surface area contributed by atoms with Gasteiger partial charge in [0.05, 0.1) is 6.33 Å². The molecule has 17 heavy (non-hydrogen) atoms. The molecule has 0 fully saturated rings. The van der Waals surface area contributed by atoms with Crippen molar-refractivity contribution in [3.05, 3.63) is 53.6 Å². The molecule has 0 aliphatic heterocycles. The zero-order valence-electron chi connectivity index (χ0n) is 10.5. The van der Waals surface area contributed by atoms with Crippen molar-refractivity contribution in [3.63, 3.8) is 0 Å². The van der Waals surface area contributed by atoms with E-state index in [-0.39, 0.29) is 0 Å². The van der Waals surface area contributed by atoms with E-state index in [0.29, 0.717) is 0 Å². The molecule has 0 saturated carbocycles. The molecule has 1 aromatic heterocycles. The van der Waals surface area contributed by atoms with E-state index >= 15 is 0 Å². The van der Waals surface area contributed by atoms with Crippen molar-refractivity contribution in [3.8, 4) is 0 Å². The third-order valence-electron chi connectivity index (χ3n) is 2.72. The Bertz CT molecular complexity index is 440. The summed E-state index contributed by atoms with van der Waals surface area (Å²) in [5.41, 5.74) is 4.01. The predicted octanol–water partition coefficient (Wildman–Crippen LogP) is 2.29. The monoisotopic (exact) mass is 229 g/mol. The van der Waals surface area contributed by atoms with Gasteiger partial charge in [-0.25, -0.2) is 4.98 Å². The minimum absolute atomic E-state index is 0.928. The Kier molecular flexibility index (Phi) is 3.94. The van der Waals surface area contributed by atoms with Gasteiger partial charge in [0, 0.05) is 32.0 Å². The molecule has 0 aliphatic rings. The molecule has 2 rings (SSSR count). The van der Waals surface area contributed by atoms with Crippen LogP contribution in [0.25, 0.3) is 0 Å². The van der Waals surface area contributed by atoms with Crippen molar-refractivity contribution in [1.82, 2.24) is 14.9 Å². The summed E-state index contributed by atoms with van der Waals surface area (Å²) >= 11 is 0. The van der Waals surface area contributed by atoms with E-state index in [1.165, 1.54) is 16.7 Å². The molecule has 0 bridgehead atoms. The average molecular weight is 229 g/mol. The summed E-state index contributed by atoms with van der Waals surface area (Å²) in [5, 5.41) is 3.45. The first-order valence-corrected chi connectivity index (χ1v) is 5.98. The number of imidazole rings is 1. The first kappa shape index (κ1) is 11.9. The SMILES string of the molecule is Cc1cc(C)cc(CNCCn2ccnc2)c1. The Balaban J connectivity index is 1.78. The van der Waals surface area contributed by atoms with Gasteiger partial charge in [0.1, 0.15) is 0 Å². The van der Waals surface area contributed by atoms with Gasteiger partial charge >= 0.3 is 0 Å². The maximum absolute atomic E-state index is 4.02. The van der Waals surface area contributed by atoms with Gasteiger partial charge < -0.3 is 9.88 Å². The summed E-state index contributed by atoms with van der Waals surface area (Å²) in [6.07, 6.45) is 5.64. The van der Waals surface area contributed by atoms with Crippen molar-refractivity contribution >= 4 is 0 Å². The van der Waals surface area contributed by atoms with E-state index in [9.17, 15) is 0 Å². The summed E-state index contributed by atoms with van der Waals surface area (Å²) in [5.74, 6) is 0. The lowest BCUT2D eigenvalue weighted by Gasteiger charge is -2.07. The number of hydrogen-bond acceptors (Lipinski definition) is 2. The van der Waals surface area contributed by atoms with E-state index in [0.717, 1.165) is 19.6 Å². The van der Waals surface area contributed by atoms with Crippen LogP contribution in [0.3, 0.4) is 0 Å². The van der Waals surface area contributed by atoms with Crippen LogP contribution in [0.15, 0.2) is 36.9 Å². The van der Waals surface area contributed by atoms with Gasteiger partial charge in [-0.2, -0.15) is 0 Å². The van der Waals surface area contributed by atoms with Gasteiger partial charge in [0.2, 0.25) is 0 Å². The van der Waals surface area contributed by atoms with Crippen molar-refractivity contribution in [2.24, 2.45) is 0 Å². The van der Waals surface area contributed by atoms with Crippen LogP contribution >= 0.6 is 0 Å². The second-order valence-electron chi connectivity index (χ2n) is 4.47. The molecule has 0 amide bonds. The molecule has 90 valence electrons. The molecule has 3 heteroatoms. The van der Waals surface area contributed by atoms with Gasteiger partial charge in [-0.3, -0.25) is 0 Å². The van der Waals surface area contributed by atoms with E-state index in [2.05, 4.69) is 46.9 Å². The molecule has 1 N–H and O–H groups in total. The van der Waals surface area contributed by atoms with Crippen LogP contribution in [0, 0.1) is 13.8 Å². The molecular weight excluding hydrogens is 210 g/mol. The summed E-state index contributed by atoms with van der Waals surface area (Å²) < 4.78 is 2.08. The smallest absolute Gasteiger partial charge is 0.0946 e. The minimum Gasteiger partial charge on any atom is -0.336 e. The van der Waals surface area contributed by atoms with Gasteiger partial charge in [0.15, 0.2) is 0 Å². The van der Waals surface area contributed by atoms with Gasteiger partial charge in [-0.15, -0.1) is 0 Å². The van der Waals surface area contributed by atoms with Crippen LogP contribution in [0.1, 0.15) is 16.7 Å². The number of nitrogens with one attached hydrogen (secondary N) is 1. The van der Waals surface area contributed by atoms with Crippen molar-refractivity contribution in [2.75, 3.05) is 6.54 Å². The standard InChI is InChI=1S/C14H19N3/c1-12-7-13(2)9-14(8-12)10-15-3-5-17-6-4-16-11-17/h4,6-9,11,15H,3,5,10H2,1-2H3. The molecule has 1 aromatic carbocycles. The highest BCUT2D eigenvalue weighted by molar-refractivity contribution is 5.28. The zero-order chi connectivity index (χ0) is 12.1. The van der Waals surface area contributed by atoms with E-state index < -0.39 is 0 Å². The summed E-state index contributed by atoms with van der Waals surface area (Å²) in [7, 11) is 0. The fraction of sp³-hybridized carbons (Fsp3) is 0.357. The predicted molar refractivity (Wildman–Crippen MR) is 69.8 cm³/mol. The van der Waals surface area contributed by atoms with Crippen molar-refractivity contribution in [1.29, 1.82) is 0 Å². The highest BCUT2D eigenvalue weighted by Gasteiger charge is 1.96. The topological polar surface area (TPSA) is 29.9 Å². The number of aryl methyl sites for hydroxylation is 2. The lowest BCUT2D eigenvalue weighted by molar-refractivity contribution is 0.597. The fourth-order valence-electron chi connectivity index (χ4n) is 2.03. The van der Waals surface area contributed by atoms with E-state index in [1.807, 2.05) is 18.7 Å². The Morgan fingerprint density at radius 2 is 1.94 bits per heavy atom. The molecule has 0 unspecified atom stereocenters. The second-order valence-corrected chi connectivity index (χ2v) is 4.47. The first-order chi connectivity index (χ1) is 8.24. The van der Waals surface area contributed by atoms with Crippen molar-refractivity contribution < 1.29 is 0 Å². The third-order valence-corrected chi connectivity index (χ3v) is 2.72. The molecule has 0 aliphatic carbocycles. The Labute approximate surface area is 103 Å². The Morgan fingerprint density at radius 3 is 2.59 bits per heavy atom. The average Bonchev–Trinajstić information content (AvgIpc) is 2.76.